The molecular formula is C15H15. The van der Waals surface area contributed by atoms with Gasteiger partial charge in [-0.05, 0) is 49.1 Å². The molecule has 0 fully saturated rings. The summed E-state index contributed by atoms with van der Waals surface area (Å²) >= 11 is 0. The minimum absolute atomic E-state index is 1.20. The van der Waals surface area contributed by atoms with Crippen molar-refractivity contribution in [1.82, 2.24) is 0 Å². The first-order valence-electron chi connectivity index (χ1n) is 5.23. The highest BCUT2D eigenvalue weighted by Crippen LogP contribution is 2.22. The molecule has 0 aromatic heterocycles. The molecule has 2 aromatic carbocycles. The highest BCUT2D eigenvalue weighted by Gasteiger charge is 1.99. The lowest BCUT2D eigenvalue weighted by Crippen LogP contribution is -1.83. The predicted octanol–water partition coefficient (Wildman–Crippen LogP) is 4.08. The summed E-state index contributed by atoms with van der Waals surface area (Å²) < 4.78 is 0. The van der Waals surface area contributed by atoms with Crippen molar-refractivity contribution in [2.45, 2.75) is 20.8 Å². The Morgan fingerprint density at radius 3 is 1.80 bits per heavy atom. The van der Waals surface area contributed by atoms with Crippen LogP contribution in [0.25, 0.3) is 11.1 Å². The van der Waals surface area contributed by atoms with Gasteiger partial charge in [0.2, 0.25) is 0 Å². The van der Waals surface area contributed by atoms with E-state index in [9.17, 15) is 0 Å². The third-order valence-electron chi connectivity index (χ3n) is 2.52. The first-order chi connectivity index (χ1) is 7.15. The molecule has 0 bridgehead atoms. The molecule has 0 N–H and O–H groups in total. The van der Waals surface area contributed by atoms with Gasteiger partial charge in [-0.25, -0.2) is 0 Å². The quantitative estimate of drug-likeness (QED) is 0.643. The van der Waals surface area contributed by atoms with Crippen molar-refractivity contribution >= 4 is 0 Å². The van der Waals surface area contributed by atoms with E-state index in [1.54, 1.807) is 0 Å². The standard InChI is InChI=1S/C15H15/c1-11-4-6-14(7-5-11)15-9-12(2)8-13(3)10-15/h4-7,9-10H,1-3H3. The van der Waals surface area contributed by atoms with Crippen LogP contribution in [0.15, 0.2) is 36.4 Å². The third kappa shape index (κ3) is 2.27. The maximum Gasteiger partial charge on any atom is -0.0120 e. The number of benzene rings is 2. The van der Waals surface area contributed by atoms with Crippen LogP contribution < -0.4 is 0 Å². The van der Waals surface area contributed by atoms with Gasteiger partial charge in [-0.1, -0.05) is 42.0 Å². The van der Waals surface area contributed by atoms with Crippen LogP contribution in [-0.4, -0.2) is 0 Å². The third-order valence-corrected chi connectivity index (χ3v) is 2.52. The molecular weight excluding hydrogens is 180 g/mol. The molecule has 0 nitrogen and oxygen atoms in total. The predicted molar refractivity (Wildman–Crippen MR) is 64.9 cm³/mol. The zero-order valence-corrected chi connectivity index (χ0v) is 9.46. The molecule has 0 heteroatoms. The average Bonchev–Trinajstić information content (AvgIpc) is 2.17. The summed E-state index contributed by atoms with van der Waals surface area (Å²) in [4.78, 5) is 0. The maximum absolute atomic E-state index is 3.29. The molecule has 0 unspecified atom stereocenters. The Hall–Kier alpha value is -1.56. The zero-order valence-electron chi connectivity index (χ0n) is 9.46. The second kappa shape index (κ2) is 3.90. The van der Waals surface area contributed by atoms with Gasteiger partial charge < -0.3 is 0 Å². The number of hydrogen-bond acceptors (Lipinski definition) is 0. The minimum atomic E-state index is 1.20. The lowest BCUT2D eigenvalue weighted by Gasteiger charge is -2.05. The van der Waals surface area contributed by atoms with E-state index in [-0.39, 0.29) is 0 Å². The molecule has 15 heavy (non-hydrogen) atoms. The largest absolute Gasteiger partial charge is 0.0587 e. The summed E-state index contributed by atoms with van der Waals surface area (Å²) in [5.74, 6) is 0. The van der Waals surface area contributed by atoms with Crippen molar-refractivity contribution in [3.63, 3.8) is 0 Å². The van der Waals surface area contributed by atoms with Gasteiger partial charge in [-0.3, -0.25) is 0 Å². The van der Waals surface area contributed by atoms with Gasteiger partial charge in [0.15, 0.2) is 0 Å². The minimum Gasteiger partial charge on any atom is -0.0587 e. The van der Waals surface area contributed by atoms with Gasteiger partial charge in [-0.2, -0.15) is 0 Å². The summed E-state index contributed by atoms with van der Waals surface area (Å²) in [6.07, 6.45) is 0. The SMILES string of the molecule is Cc1[c]c(C)cc(-c2ccc(C)cc2)c1. The highest BCUT2D eigenvalue weighted by atomic mass is 14.0. The normalized spacial score (nSPS) is 10.3. The van der Waals surface area contributed by atoms with E-state index in [1.807, 2.05) is 0 Å². The van der Waals surface area contributed by atoms with Crippen molar-refractivity contribution in [3.05, 3.63) is 59.2 Å². The van der Waals surface area contributed by atoms with Crippen molar-refractivity contribution in [2.75, 3.05) is 0 Å². The second-order valence-electron chi connectivity index (χ2n) is 4.10. The molecule has 2 rings (SSSR count). The molecule has 0 saturated carbocycles. The number of rotatable bonds is 1. The Morgan fingerprint density at radius 2 is 1.27 bits per heavy atom. The van der Waals surface area contributed by atoms with Crippen LogP contribution in [0.5, 0.6) is 0 Å². The average molecular weight is 195 g/mol. The molecule has 0 atom stereocenters. The van der Waals surface area contributed by atoms with Crippen LogP contribution in [0, 0.1) is 26.8 Å². The van der Waals surface area contributed by atoms with Crippen LogP contribution in [0.4, 0.5) is 0 Å². The summed E-state index contributed by atoms with van der Waals surface area (Å²) in [5, 5.41) is 0. The fraction of sp³-hybridized carbons (Fsp3) is 0.200. The number of hydrogen-bond donors (Lipinski definition) is 0. The Bertz CT molecular complexity index is 444. The van der Waals surface area contributed by atoms with E-state index in [0.717, 1.165) is 0 Å². The van der Waals surface area contributed by atoms with E-state index in [2.05, 4.69) is 63.2 Å². The molecule has 1 radical (unpaired) electrons. The fourth-order valence-electron chi connectivity index (χ4n) is 1.80. The second-order valence-corrected chi connectivity index (χ2v) is 4.10. The smallest absolute Gasteiger partial charge is 0.0120 e. The van der Waals surface area contributed by atoms with E-state index < -0.39 is 0 Å². The van der Waals surface area contributed by atoms with Gasteiger partial charge in [0.25, 0.3) is 0 Å². The first kappa shape index (κ1) is 9.97. The number of aryl methyl sites for hydroxylation is 3. The summed E-state index contributed by atoms with van der Waals surface area (Å²) in [5.41, 5.74) is 6.26. The van der Waals surface area contributed by atoms with Gasteiger partial charge in [-0.15, -0.1) is 0 Å². The molecule has 0 heterocycles. The van der Waals surface area contributed by atoms with Crippen molar-refractivity contribution in [3.8, 4) is 11.1 Å². The lowest BCUT2D eigenvalue weighted by atomic mass is 10.00. The van der Waals surface area contributed by atoms with Crippen molar-refractivity contribution < 1.29 is 0 Å². The van der Waals surface area contributed by atoms with Crippen LogP contribution in [-0.2, 0) is 0 Å². The Balaban J connectivity index is 2.49. The molecule has 0 saturated heterocycles. The van der Waals surface area contributed by atoms with Crippen molar-refractivity contribution in [1.29, 1.82) is 0 Å². The molecule has 75 valence electrons. The fourth-order valence-corrected chi connectivity index (χ4v) is 1.80. The van der Waals surface area contributed by atoms with E-state index >= 15 is 0 Å². The monoisotopic (exact) mass is 195 g/mol. The summed E-state index contributed by atoms with van der Waals surface area (Å²) in [6.45, 7) is 6.29. The Labute approximate surface area is 91.6 Å². The highest BCUT2D eigenvalue weighted by molar-refractivity contribution is 5.65. The zero-order chi connectivity index (χ0) is 10.8. The molecule has 2 aromatic rings. The molecule has 0 spiro atoms. The van der Waals surface area contributed by atoms with Crippen LogP contribution in [0.2, 0.25) is 0 Å². The van der Waals surface area contributed by atoms with Gasteiger partial charge in [0.1, 0.15) is 0 Å². The lowest BCUT2D eigenvalue weighted by molar-refractivity contribution is 1.37. The van der Waals surface area contributed by atoms with Crippen LogP contribution in [0.1, 0.15) is 16.7 Å². The molecule has 0 aliphatic rings. The van der Waals surface area contributed by atoms with Gasteiger partial charge >= 0.3 is 0 Å². The molecule has 0 amide bonds. The van der Waals surface area contributed by atoms with Gasteiger partial charge in [0, 0.05) is 0 Å². The van der Waals surface area contributed by atoms with Crippen LogP contribution >= 0.6 is 0 Å². The molecule has 0 aliphatic carbocycles. The van der Waals surface area contributed by atoms with E-state index in [1.165, 1.54) is 27.8 Å². The maximum atomic E-state index is 3.29. The Morgan fingerprint density at radius 1 is 0.733 bits per heavy atom. The summed E-state index contributed by atoms with van der Waals surface area (Å²) in [7, 11) is 0. The van der Waals surface area contributed by atoms with E-state index in [0.29, 0.717) is 0 Å². The van der Waals surface area contributed by atoms with Crippen molar-refractivity contribution in [2.24, 2.45) is 0 Å². The topological polar surface area (TPSA) is 0 Å². The van der Waals surface area contributed by atoms with E-state index in [4.69, 9.17) is 0 Å². The van der Waals surface area contributed by atoms with Gasteiger partial charge in [0.05, 0.1) is 0 Å². The first-order valence-corrected chi connectivity index (χ1v) is 5.23. The summed E-state index contributed by atoms with van der Waals surface area (Å²) in [6, 6.07) is 16.3. The Kier molecular flexibility index (Phi) is 2.59. The molecule has 0 aliphatic heterocycles. The van der Waals surface area contributed by atoms with Crippen LogP contribution in [0.3, 0.4) is 0 Å².